The number of benzene rings is 1. The quantitative estimate of drug-likeness (QED) is 0.884. The number of furan rings is 1. The van der Waals surface area contributed by atoms with Crippen LogP contribution < -0.4 is 5.32 Å². The van der Waals surface area contributed by atoms with Crippen LogP contribution >= 0.6 is 0 Å². The van der Waals surface area contributed by atoms with Gasteiger partial charge in [0.25, 0.3) is 0 Å². The summed E-state index contributed by atoms with van der Waals surface area (Å²) in [5.41, 5.74) is 1.74. The average molecular weight is 328 g/mol. The first-order valence-corrected chi connectivity index (χ1v) is 8.27. The molecule has 6 nitrogen and oxygen atoms in total. The van der Waals surface area contributed by atoms with Crippen LogP contribution in [0.4, 0.5) is 10.5 Å². The Balaban J connectivity index is 1.52. The first-order valence-electron chi connectivity index (χ1n) is 8.27. The molecule has 0 unspecified atom stereocenters. The van der Waals surface area contributed by atoms with Crippen molar-refractivity contribution in [3.8, 4) is 0 Å². The van der Waals surface area contributed by atoms with Gasteiger partial charge in [0.1, 0.15) is 5.58 Å². The Kier molecular flexibility index (Phi) is 3.30. The number of carbonyl (C=O) groups is 2. The number of carbonyl (C=O) groups excluding carboxylic acids is 1. The molecule has 0 spiro atoms. The van der Waals surface area contributed by atoms with Crippen LogP contribution in [0.25, 0.3) is 11.0 Å². The number of likely N-dealkylation sites (tertiary alicyclic amines) is 1. The molecule has 0 bridgehead atoms. The number of carboxylic acids is 1. The maximum atomic E-state index is 12.6. The van der Waals surface area contributed by atoms with Crippen molar-refractivity contribution in [3.63, 3.8) is 0 Å². The van der Waals surface area contributed by atoms with Gasteiger partial charge < -0.3 is 19.7 Å². The summed E-state index contributed by atoms with van der Waals surface area (Å²) in [5, 5.41) is 13.5. The number of anilines is 1. The first-order chi connectivity index (χ1) is 11.5. The van der Waals surface area contributed by atoms with Crippen molar-refractivity contribution in [3.05, 3.63) is 30.0 Å². The highest BCUT2D eigenvalue weighted by Gasteiger charge is 2.55. The number of nitrogens with one attached hydrogen (secondary N) is 1. The summed E-state index contributed by atoms with van der Waals surface area (Å²) in [5.74, 6) is -0.699. The van der Waals surface area contributed by atoms with Gasteiger partial charge >= 0.3 is 12.0 Å². The van der Waals surface area contributed by atoms with E-state index in [0.717, 1.165) is 29.4 Å². The molecular formula is C18H20N2O4. The summed E-state index contributed by atoms with van der Waals surface area (Å²) in [6, 6.07) is 5.28. The molecule has 1 saturated heterocycles. The number of aryl methyl sites for hydroxylation is 1. The van der Waals surface area contributed by atoms with Crippen molar-refractivity contribution < 1.29 is 19.1 Å². The third kappa shape index (κ3) is 2.17. The van der Waals surface area contributed by atoms with E-state index in [4.69, 9.17) is 4.42 Å². The van der Waals surface area contributed by atoms with Crippen LogP contribution in [0.5, 0.6) is 0 Å². The van der Waals surface area contributed by atoms with E-state index in [1.807, 2.05) is 19.1 Å². The van der Waals surface area contributed by atoms with Crippen molar-refractivity contribution in [1.82, 2.24) is 4.90 Å². The molecule has 2 atom stereocenters. The van der Waals surface area contributed by atoms with E-state index in [2.05, 4.69) is 5.32 Å². The number of amides is 2. The largest absolute Gasteiger partial charge is 0.481 e. The van der Waals surface area contributed by atoms with E-state index in [-0.39, 0.29) is 11.9 Å². The third-order valence-corrected chi connectivity index (χ3v) is 5.60. The lowest BCUT2D eigenvalue weighted by Crippen LogP contribution is -2.38. The van der Waals surface area contributed by atoms with Crippen LogP contribution in [0.3, 0.4) is 0 Å². The zero-order chi connectivity index (χ0) is 16.9. The van der Waals surface area contributed by atoms with Crippen molar-refractivity contribution in [2.75, 3.05) is 18.4 Å². The molecule has 2 N–H and O–H groups in total. The molecule has 2 fully saturated rings. The Hall–Kier alpha value is -2.50. The molecule has 1 saturated carbocycles. The summed E-state index contributed by atoms with van der Waals surface area (Å²) in [6.45, 7) is 2.77. The zero-order valence-corrected chi connectivity index (χ0v) is 13.5. The fourth-order valence-corrected chi connectivity index (χ4v) is 4.23. The summed E-state index contributed by atoms with van der Waals surface area (Å²) < 4.78 is 5.41. The normalized spacial score (nSPS) is 25.9. The van der Waals surface area contributed by atoms with Crippen LogP contribution in [0.1, 0.15) is 24.8 Å². The third-order valence-electron chi connectivity index (χ3n) is 5.60. The number of fused-ring (bicyclic) bond motifs is 2. The van der Waals surface area contributed by atoms with E-state index in [1.54, 1.807) is 17.2 Å². The van der Waals surface area contributed by atoms with Gasteiger partial charge in [0.05, 0.1) is 11.7 Å². The molecule has 1 aromatic heterocycles. The minimum Gasteiger partial charge on any atom is -0.481 e. The van der Waals surface area contributed by atoms with Gasteiger partial charge in [-0.25, -0.2) is 4.79 Å². The molecule has 2 amide bonds. The zero-order valence-electron chi connectivity index (χ0n) is 13.5. The molecule has 24 heavy (non-hydrogen) atoms. The molecule has 1 aromatic carbocycles. The molecule has 6 heteroatoms. The number of hydrogen-bond donors (Lipinski definition) is 2. The van der Waals surface area contributed by atoms with Gasteiger partial charge in [-0.1, -0.05) is 6.42 Å². The van der Waals surface area contributed by atoms with E-state index >= 15 is 0 Å². The molecule has 2 heterocycles. The minimum absolute atomic E-state index is 0.0688. The Morgan fingerprint density at radius 1 is 1.42 bits per heavy atom. The molecule has 1 aliphatic heterocycles. The van der Waals surface area contributed by atoms with Gasteiger partial charge in [-0.05, 0) is 49.4 Å². The summed E-state index contributed by atoms with van der Waals surface area (Å²) >= 11 is 0. The van der Waals surface area contributed by atoms with Crippen LogP contribution in [-0.4, -0.2) is 35.1 Å². The average Bonchev–Trinajstić information content (AvgIpc) is 3.20. The lowest BCUT2D eigenvalue weighted by Gasteiger charge is -2.23. The predicted molar refractivity (Wildman–Crippen MR) is 89.0 cm³/mol. The van der Waals surface area contributed by atoms with Crippen molar-refractivity contribution in [1.29, 1.82) is 0 Å². The smallest absolute Gasteiger partial charge is 0.321 e. The summed E-state index contributed by atoms with van der Waals surface area (Å²) in [4.78, 5) is 25.9. The highest BCUT2D eigenvalue weighted by Crippen LogP contribution is 2.48. The number of aliphatic carboxylic acids is 1. The monoisotopic (exact) mass is 328 g/mol. The van der Waals surface area contributed by atoms with Gasteiger partial charge in [0.15, 0.2) is 0 Å². The topological polar surface area (TPSA) is 82.8 Å². The number of carboxylic acid groups (broad SMARTS) is 1. The van der Waals surface area contributed by atoms with Gasteiger partial charge in [0, 0.05) is 24.2 Å². The molecular weight excluding hydrogens is 308 g/mol. The SMILES string of the molecule is Cc1coc2ccc(NC(=O)N3C[C@@H]4CCC[C@@]4(C(=O)O)C3)cc12. The number of hydrogen-bond acceptors (Lipinski definition) is 3. The Morgan fingerprint density at radius 3 is 3.00 bits per heavy atom. The fraction of sp³-hybridized carbons (Fsp3) is 0.444. The van der Waals surface area contributed by atoms with Crippen molar-refractivity contribution >= 4 is 28.7 Å². The molecule has 126 valence electrons. The Morgan fingerprint density at radius 2 is 2.25 bits per heavy atom. The molecule has 4 rings (SSSR count). The first kappa shape index (κ1) is 15.1. The lowest BCUT2D eigenvalue weighted by molar-refractivity contribution is -0.149. The highest BCUT2D eigenvalue weighted by atomic mass is 16.4. The van der Waals surface area contributed by atoms with Gasteiger partial charge in [-0.3, -0.25) is 4.79 Å². The maximum absolute atomic E-state index is 12.6. The number of rotatable bonds is 2. The summed E-state index contributed by atoms with van der Waals surface area (Å²) in [6.07, 6.45) is 4.17. The van der Waals surface area contributed by atoms with Crippen LogP contribution in [-0.2, 0) is 4.79 Å². The second-order valence-electron chi connectivity index (χ2n) is 6.99. The maximum Gasteiger partial charge on any atom is 0.321 e. The molecule has 2 aliphatic rings. The second kappa shape index (κ2) is 5.26. The molecule has 1 aliphatic carbocycles. The van der Waals surface area contributed by atoms with Crippen molar-refractivity contribution in [2.24, 2.45) is 11.3 Å². The highest BCUT2D eigenvalue weighted by molar-refractivity contribution is 5.94. The van der Waals surface area contributed by atoms with Crippen LogP contribution in [0.2, 0.25) is 0 Å². The van der Waals surface area contributed by atoms with E-state index < -0.39 is 11.4 Å². The molecule has 0 radical (unpaired) electrons. The van der Waals surface area contributed by atoms with Gasteiger partial charge in [0.2, 0.25) is 0 Å². The second-order valence-corrected chi connectivity index (χ2v) is 6.99. The van der Waals surface area contributed by atoms with E-state index in [9.17, 15) is 14.7 Å². The number of urea groups is 1. The predicted octanol–water partition coefficient (Wildman–Crippen LogP) is 3.46. The van der Waals surface area contributed by atoms with Crippen LogP contribution in [0, 0.1) is 18.3 Å². The minimum atomic E-state index is -0.768. The lowest BCUT2D eigenvalue weighted by atomic mass is 9.81. The number of nitrogens with zero attached hydrogens (tertiary/aromatic N) is 1. The van der Waals surface area contributed by atoms with Crippen molar-refractivity contribution in [2.45, 2.75) is 26.2 Å². The van der Waals surface area contributed by atoms with Gasteiger partial charge in [-0.2, -0.15) is 0 Å². The Labute approximate surface area is 139 Å². The standard InChI is InChI=1S/C18H20N2O4/c1-11-9-24-15-5-4-13(7-14(11)15)19-17(23)20-8-12-3-2-6-18(12,10-20)16(21)22/h4-5,7,9,12H,2-3,6,8,10H2,1H3,(H,19,23)(H,21,22)/t12-,18+/m0/s1. The Bertz CT molecular complexity index is 828. The molecule has 2 aromatic rings. The summed E-state index contributed by atoms with van der Waals surface area (Å²) in [7, 11) is 0. The van der Waals surface area contributed by atoms with Gasteiger partial charge in [-0.15, -0.1) is 0 Å². The van der Waals surface area contributed by atoms with Crippen LogP contribution in [0.15, 0.2) is 28.9 Å². The fourth-order valence-electron chi connectivity index (χ4n) is 4.23. The van der Waals surface area contributed by atoms with E-state index in [1.165, 1.54) is 0 Å². The van der Waals surface area contributed by atoms with E-state index in [0.29, 0.717) is 25.2 Å².